The van der Waals surface area contributed by atoms with E-state index in [-0.39, 0.29) is 15.6 Å². The van der Waals surface area contributed by atoms with Crippen molar-refractivity contribution in [1.82, 2.24) is 15.3 Å². The van der Waals surface area contributed by atoms with Crippen LogP contribution in [0, 0.1) is 0 Å². The number of hydrogen-bond acceptors (Lipinski definition) is 6. The van der Waals surface area contributed by atoms with E-state index in [0.29, 0.717) is 25.7 Å². The van der Waals surface area contributed by atoms with E-state index < -0.39 is 60.3 Å². The molecule has 192 valence electrons. The normalized spacial score (nSPS) is 18.8. The summed E-state index contributed by atoms with van der Waals surface area (Å²) >= 11 is 11.7. The Morgan fingerprint density at radius 1 is 1.06 bits per heavy atom. The summed E-state index contributed by atoms with van der Waals surface area (Å²) in [7, 11) is 0. The monoisotopic (exact) mass is 547 g/mol. The molecule has 35 heavy (non-hydrogen) atoms. The Hall–Kier alpha value is -2.51. The number of carbonyl (C=O) groups is 1. The molecule has 1 heterocycles. The molecule has 1 aromatic carbocycles. The Labute approximate surface area is 204 Å². The first kappa shape index (κ1) is 27.1. The maximum absolute atomic E-state index is 13.7. The molecule has 0 radical (unpaired) electrons. The first-order valence-corrected chi connectivity index (χ1v) is 10.8. The Balaban J connectivity index is 2.03. The van der Waals surface area contributed by atoms with Crippen LogP contribution in [0.3, 0.4) is 0 Å². The van der Waals surface area contributed by atoms with E-state index in [1.54, 1.807) is 0 Å². The lowest BCUT2D eigenvalue weighted by Gasteiger charge is -2.27. The third-order valence-electron chi connectivity index (χ3n) is 4.89. The molecule has 7 nitrogen and oxygen atoms in total. The smallest absolute Gasteiger partial charge is 0.438 e. The predicted molar refractivity (Wildman–Crippen MR) is 111 cm³/mol. The molecule has 1 aliphatic rings. The van der Waals surface area contributed by atoms with Crippen molar-refractivity contribution in [1.29, 1.82) is 0 Å². The van der Waals surface area contributed by atoms with Gasteiger partial charge in [-0.2, -0.15) is 26.3 Å². The average molecular weight is 548 g/mol. The van der Waals surface area contributed by atoms with Gasteiger partial charge in [-0.15, -0.1) is 0 Å². The van der Waals surface area contributed by atoms with Crippen LogP contribution in [0.15, 0.2) is 18.2 Å². The topological polar surface area (TPSA) is 93.6 Å². The largest absolute Gasteiger partial charge is 0.466 e. The number of hydrogen-bond donors (Lipinski definition) is 2. The van der Waals surface area contributed by atoms with Crippen LogP contribution in [0.4, 0.5) is 31.1 Å². The Kier molecular flexibility index (Phi) is 8.22. The van der Waals surface area contributed by atoms with Crippen molar-refractivity contribution in [3.05, 3.63) is 33.9 Å². The Bertz CT molecular complexity index is 1080. The van der Waals surface area contributed by atoms with Gasteiger partial charge in [0.05, 0.1) is 22.2 Å². The number of aliphatic hydroxyl groups excluding tert-OH is 1. The average Bonchev–Trinajstić information content (AvgIpc) is 2.74. The van der Waals surface area contributed by atoms with Gasteiger partial charge in [0.2, 0.25) is 11.6 Å². The molecule has 1 aliphatic carbocycles. The number of nitrogens with one attached hydrogen (secondary N) is 1. The number of halogens is 8. The maximum Gasteiger partial charge on any atom is 0.438 e. The van der Waals surface area contributed by atoms with Crippen molar-refractivity contribution in [3.8, 4) is 23.0 Å². The molecule has 1 amide bonds. The fourth-order valence-electron chi connectivity index (χ4n) is 3.29. The minimum absolute atomic E-state index is 0.0509. The standard InChI is InChI=1S/C20H17Cl2F6N3O4/c21-10-6-5-9(7-11(10)22)14-16(34-8-19(23,24)25)31-15(20(26,27)28)17(30-14)35-18(33)29-12-3-1-2-4-13(12)32/h5-7,12-13,32H,1-4,8H2,(H,29,33)/t12-,13-/m1/s1. The van der Waals surface area contributed by atoms with Gasteiger partial charge in [0, 0.05) is 5.56 Å². The molecule has 2 aromatic rings. The van der Waals surface area contributed by atoms with Crippen LogP contribution in [0.1, 0.15) is 31.4 Å². The number of carbonyl (C=O) groups excluding carboxylic acids is 1. The summed E-state index contributed by atoms with van der Waals surface area (Å²) in [5, 5.41) is 12.2. The molecule has 0 aliphatic heterocycles. The van der Waals surface area contributed by atoms with Crippen molar-refractivity contribution in [2.45, 2.75) is 50.2 Å². The van der Waals surface area contributed by atoms with E-state index in [1.165, 1.54) is 12.1 Å². The second-order valence-electron chi connectivity index (χ2n) is 7.55. The van der Waals surface area contributed by atoms with Gasteiger partial charge in [-0.05, 0) is 25.0 Å². The quantitative estimate of drug-likeness (QED) is 0.459. The molecule has 1 saturated carbocycles. The van der Waals surface area contributed by atoms with Crippen LogP contribution in [0.5, 0.6) is 11.8 Å². The summed E-state index contributed by atoms with van der Waals surface area (Å²) in [4.78, 5) is 19.1. The zero-order valence-electron chi connectivity index (χ0n) is 17.5. The number of ether oxygens (including phenoxy) is 2. The zero-order valence-corrected chi connectivity index (χ0v) is 19.0. The van der Waals surface area contributed by atoms with E-state index in [4.69, 9.17) is 27.9 Å². The van der Waals surface area contributed by atoms with Crippen LogP contribution < -0.4 is 14.8 Å². The van der Waals surface area contributed by atoms with Gasteiger partial charge < -0.3 is 19.9 Å². The summed E-state index contributed by atoms with van der Waals surface area (Å²) in [6.07, 6.45) is -10.3. The first-order chi connectivity index (χ1) is 16.2. The van der Waals surface area contributed by atoms with Crippen LogP contribution in [-0.2, 0) is 6.18 Å². The van der Waals surface area contributed by atoms with Crippen LogP contribution in [-0.4, -0.2) is 46.1 Å². The summed E-state index contributed by atoms with van der Waals surface area (Å²) in [5.41, 5.74) is -2.61. The summed E-state index contributed by atoms with van der Waals surface area (Å²) in [5.74, 6) is -2.45. The van der Waals surface area contributed by atoms with Crippen molar-refractivity contribution in [2.24, 2.45) is 0 Å². The minimum atomic E-state index is -5.28. The number of benzene rings is 1. The Morgan fingerprint density at radius 3 is 2.34 bits per heavy atom. The highest BCUT2D eigenvalue weighted by Crippen LogP contribution is 2.40. The van der Waals surface area contributed by atoms with Crippen LogP contribution in [0.2, 0.25) is 10.0 Å². The molecular weight excluding hydrogens is 531 g/mol. The predicted octanol–water partition coefficient (Wildman–Crippen LogP) is 5.80. The van der Waals surface area contributed by atoms with Crippen LogP contribution >= 0.6 is 23.2 Å². The molecule has 0 saturated heterocycles. The molecule has 0 bridgehead atoms. The zero-order chi connectivity index (χ0) is 26.0. The lowest BCUT2D eigenvalue weighted by atomic mass is 9.93. The minimum Gasteiger partial charge on any atom is -0.466 e. The van der Waals surface area contributed by atoms with E-state index >= 15 is 0 Å². The fourth-order valence-corrected chi connectivity index (χ4v) is 3.59. The maximum atomic E-state index is 13.7. The highest BCUT2D eigenvalue weighted by molar-refractivity contribution is 6.42. The van der Waals surface area contributed by atoms with E-state index in [1.807, 2.05) is 0 Å². The molecule has 3 rings (SSSR count). The lowest BCUT2D eigenvalue weighted by Crippen LogP contribution is -2.46. The second kappa shape index (κ2) is 10.6. The van der Waals surface area contributed by atoms with Crippen molar-refractivity contribution in [2.75, 3.05) is 6.61 Å². The molecule has 2 N–H and O–H groups in total. The van der Waals surface area contributed by atoms with Gasteiger partial charge in [0.15, 0.2) is 6.61 Å². The number of nitrogens with zero attached hydrogens (tertiary/aromatic N) is 2. The van der Waals surface area contributed by atoms with Gasteiger partial charge >= 0.3 is 18.4 Å². The van der Waals surface area contributed by atoms with Crippen molar-refractivity contribution < 1.29 is 45.7 Å². The highest BCUT2D eigenvalue weighted by Gasteiger charge is 2.41. The third-order valence-corrected chi connectivity index (χ3v) is 5.63. The van der Waals surface area contributed by atoms with E-state index in [9.17, 15) is 36.2 Å². The molecule has 1 fully saturated rings. The third kappa shape index (κ3) is 7.24. The summed E-state index contributed by atoms with van der Waals surface area (Å²) < 4.78 is 88.3. The number of rotatable bonds is 5. The van der Waals surface area contributed by atoms with E-state index in [2.05, 4.69) is 20.0 Å². The Morgan fingerprint density at radius 2 is 1.74 bits per heavy atom. The number of aliphatic hydroxyl groups is 1. The molecule has 1 aromatic heterocycles. The summed E-state index contributed by atoms with van der Waals surface area (Å²) in [6, 6.07) is 2.78. The first-order valence-electron chi connectivity index (χ1n) is 10.0. The van der Waals surface area contributed by atoms with Crippen LogP contribution in [0.25, 0.3) is 11.3 Å². The van der Waals surface area contributed by atoms with Crippen molar-refractivity contribution >= 4 is 29.3 Å². The summed E-state index contributed by atoms with van der Waals surface area (Å²) in [6.45, 7) is -1.96. The van der Waals surface area contributed by atoms with Gasteiger partial charge in [-0.1, -0.05) is 42.1 Å². The molecular formula is C20H17Cl2F6N3O4. The number of amides is 1. The molecule has 2 atom stereocenters. The number of aromatic nitrogens is 2. The fraction of sp³-hybridized carbons (Fsp3) is 0.450. The highest BCUT2D eigenvalue weighted by atomic mass is 35.5. The molecule has 15 heteroatoms. The molecule has 0 spiro atoms. The lowest BCUT2D eigenvalue weighted by molar-refractivity contribution is -0.154. The van der Waals surface area contributed by atoms with E-state index in [0.717, 1.165) is 6.07 Å². The SMILES string of the molecule is O=C(N[C@@H]1CCCC[C@H]1O)Oc1nc(-c2ccc(Cl)c(Cl)c2)c(OCC(F)(F)F)nc1C(F)(F)F. The van der Waals surface area contributed by atoms with Gasteiger partial charge in [0.1, 0.15) is 5.69 Å². The van der Waals surface area contributed by atoms with Gasteiger partial charge in [-0.25, -0.2) is 14.8 Å². The van der Waals surface area contributed by atoms with Gasteiger partial charge in [0.25, 0.3) is 5.88 Å². The van der Waals surface area contributed by atoms with Crippen molar-refractivity contribution in [3.63, 3.8) is 0 Å². The second-order valence-corrected chi connectivity index (χ2v) is 8.37. The number of alkyl halides is 6. The molecule has 0 unspecified atom stereocenters. The van der Waals surface area contributed by atoms with Gasteiger partial charge in [-0.3, -0.25) is 0 Å².